The van der Waals surface area contributed by atoms with Crippen LogP contribution in [0.15, 0.2) is 24.5 Å². The van der Waals surface area contributed by atoms with Crippen molar-refractivity contribution in [2.45, 2.75) is 64.2 Å². The van der Waals surface area contributed by atoms with Gasteiger partial charge in [0.05, 0.1) is 13.4 Å². The van der Waals surface area contributed by atoms with E-state index in [1.54, 1.807) is 13.4 Å². The van der Waals surface area contributed by atoms with Crippen LogP contribution in [0.3, 0.4) is 0 Å². The number of aromatic nitrogens is 4. The number of rotatable bonds is 6. The van der Waals surface area contributed by atoms with Crippen molar-refractivity contribution in [3.63, 3.8) is 0 Å². The highest BCUT2D eigenvalue weighted by atomic mass is 16.5. The van der Waals surface area contributed by atoms with Gasteiger partial charge in [0.2, 0.25) is 5.95 Å². The molecule has 9 heteroatoms. The molecule has 166 valence electrons. The van der Waals surface area contributed by atoms with E-state index in [-0.39, 0.29) is 18.1 Å². The van der Waals surface area contributed by atoms with Crippen LogP contribution in [0.4, 0.5) is 17.5 Å². The fourth-order valence-corrected chi connectivity index (χ4v) is 4.24. The average molecular weight is 425 g/mol. The second-order valence-electron chi connectivity index (χ2n) is 8.59. The Morgan fingerprint density at radius 3 is 2.58 bits per heavy atom. The molecule has 0 aliphatic heterocycles. The first-order valence-electron chi connectivity index (χ1n) is 10.8. The van der Waals surface area contributed by atoms with Crippen LogP contribution >= 0.6 is 0 Å². The van der Waals surface area contributed by atoms with E-state index in [4.69, 9.17) is 26.9 Å². The van der Waals surface area contributed by atoms with Crippen molar-refractivity contribution in [2.75, 3.05) is 23.5 Å². The lowest BCUT2D eigenvalue weighted by molar-refractivity contribution is 0.371. The average Bonchev–Trinajstić information content (AvgIpc) is 3.19. The van der Waals surface area contributed by atoms with E-state index in [9.17, 15) is 0 Å². The summed E-state index contributed by atoms with van der Waals surface area (Å²) in [5.41, 5.74) is 21.8. The van der Waals surface area contributed by atoms with E-state index in [0.29, 0.717) is 29.5 Å². The van der Waals surface area contributed by atoms with E-state index in [2.05, 4.69) is 28.7 Å². The molecular weight excluding hydrogens is 392 g/mol. The molecular formula is C22H32N8O. The summed E-state index contributed by atoms with van der Waals surface area (Å²) < 4.78 is 7.43. The summed E-state index contributed by atoms with van der Waals surface area (Å²) in [6.07, 6.45) is 5.65. The van der Waals surface area contributed by atoms with Gasteiger partial charge < -0.3 is 31.4 Å². The first-order valence-corrected chi connectivity index (χ1v) is 10.8. The van der Waals surface area contributed by atoms with Crippen LogP contribution in [0.5, 0.6) is 5.75 Å². The van der Waals surface area contributed by atoms with Gasteiger partial charge in [-0.2, -0.15) is 9.97 Å². The van der Waals surface area contributed by atoms with Crippen molar-refractivity contribution in [3.05, 3.63) is 30.1 Å². The van der Waals surface area contributed by atoms with Crippen LogP contribution in [0.25, 0.3) is 11.2 Å². The molecule has 0 bridgehead atoms. The zero-order chi connectivity index (χ0) is 22.1. The van der Waals surface area contributed by atoms with Gasteiger partial charge in [-0.25, -0.2) is 4.98 Å². The molecule has 31 heavy (non-hydrogen) atoms. The lowest BCUT2D eigenvalue weighted by Gasteiger charge is -2.36. The van der Waals surface area contributed by atoms with Crippen molar-refractivity contribution in [1.29, 1.82) is 0 Å². The van der Waals surface area contributed by atoms with Gasteiger partial charge in [-0.3, -0.25) is 0 Å². The minimum atomic E-state index is 0.210. The van der Waals surface area contributed by atoms with Crippen molar-refractivity contribution in [3.8, 4) is 5.75 Å². The number of fused-ring (bicyclic) bond motifs is 1. The van der Waals surface area contributed by atoms with Gasteiger partial charge in [-0.1, -0.05) is 0 Å². The SMILES string of the molecule is COc1ccc(N)c(CN(c2nc(N)c3ncn(C(C)C)c3n2)C2CCC(N)CC2)c1. The maximum absolute atomic E-state index is 6.31. The molecule has 1 aromatic carbocycles. The molecule has 0 amide bonds. The number of methoxy groups -OCH3 is 1. The third-order valence-corrected chi connectivity index (χ3v) is 6.12. The van der Waals surface area contributed by atoms with E-state index in [0.717, 1.165) is 42.6 Å². The van der Waals surface area contributed by atoms with Crippen molar-refractivity contribution in [1.82, 2.24) is 19.5 Å². The molecule has 0 spiro atoms. The first kappa shape index (κ1) is 21.2. The van der Waals surface area contributed by atoms with Crippen LogP contribution in [-0.2, 0) is 6.54 Å². The third-order valence-electron chi connectivity index (χ3n) is 6.12. The van der Waals surface area contributed by atoms with Gasteiger partial charge in [0.1, 0.15) is 11.3 Å². The molecule has 0 saturated heterocycles. The predicted octanol–water partition coefficient (Wildman–Crippen LogP) is 2.86. The number of benzene rings is 1. The Kier molecular flexibility index (Phi) is 5.86. The van der Waals surface area contributed by atoms with Crippen molar-refractivity contribution >= 4 is 28.6 Å². The molecule has 9 nitrogen and oxygen atoms in total. The Bertz CT molecular complexity index is 1060. The van der Waals surface area contributed by atoms with Crippen LogP contribution in [0.1, 0.15) is 51.1 Å². The Balaban J connectivity index is 1.78. The lowest BCUT2D eigenvalue weighted by Crippen LogP contribution is -2.41. The highest BCUT2D eigenvalue weighted by Gasteiger charge is 2.28. The van der Waals surface area contributed by atoms with Gasteiger partial charge in [0.15, 0.2) is 11.5 Å². The highest BCUT2D eigenvalue weighted by molar-refractivity contribution is 5.83. The lowest BCUT2D eigenvalue weighted by atomic mass is 9.90. The van der Waals surface area contributed by atoms with E-state index >= 15 is 0 Å². The third kappa shape index (κ3) is 4.23. The molecule has 1 fully saturated rings. The number of nitrogens with two attached hydrogens (primary N) is 3. The summed E-state index contributed by atoms with van der Waals surface area (Å²) in [5.74, 6) is 1.74. The van der Waals surface area contributed by atoms with E-state index in [1.165, 1.54) is 0 Å². The Morgan fingerprint density at radius 2 is 1.90 bits per heavy atom. The van der Waals surface area contributed by atoms with Crippen LogP contribution in [0, 0.1) is 0 Å². The topological polar surface area (TPSA) is 134 Å². The number of hydrogen-bond acceptors (Lipinski definition) is 8. The van der Waals surface area contributed by atoms with Crippen LogP contribution in [-0.4, -0.2) is 38.7 Å². The molecule has 2 heterocycles. The highest BCUT2D eigenvalue weighted by Crippen LogP contribution is 2.31. The molecule has 3 aromatic rings. The molecule has 0 atom stereocenters. The number of anilines is 3. The molecule has 0 radical (unpaired) electrons. The largest absolute Gasteiger partial charge is 0.497 e. The zero-order valence-corrected chi connectivity index (χ0v) is 18.5. The summed E-state index contributed by atoms with van der Waals surface area (Å²) in [6.45, 7) is 4.75. The maximum Gasteiger partial charge on any atom is 0.230 e. The van der Waals surface area contributed by atoms with Crippen LogP contribution in [0.2, 0.25) is 0 Å². The smallest absolute Gasteiger partial charge is 0.230 e. The molecule has 2 aromatic heterocycles. The number of hydrogen-bond donors (Lipinski definition) is 3. The number of ether oxygens (including phenoxy) is 1. The molecule has 4 rings (SSSR count). The standard InChI is InChI=1S/C22H32N8O/c1-13(2)30-12-26-19-20(25)27-22(28-21(19)30)29(16-6-4-15(23)5-7-16)11-14-10-17(31-3)8-9-18(14)24/h8-10,12-13,15-16H,4-7,11,23-24H2,1-3H3,(H2,25,27,28). The van der Waals surface area contributed by atoms with Gasteiger partial charge in [-0.15, -0.1) is 0 Å². The zero-order valence-electron chi connectivity index (χ0n) is 18.5. The summed E-state index contributed by atoms with van der Waals surface area (Å²) >= 11 is 0. The summed E-state index contributed by atoms with van der Waals surface area (Å²) in [6, 6.07) is 6.41. The second-order valence-corrected chi connectivity index (χ2v) is 8.59. The Hall–Kier alpha value is -3.07. The van der Waals surface area contributed by atoms with Gasteiger partial charge in [-0.05, 0) is 63.3 Å². The van der Waals surface area contributed by atoms with E-state index < -0.39 is 0 Å². The van der Waals surface area contributed by atoms with Gasteiger partial charge >= 0.3 is 0 Å². The number of nitrogens with zero attached hydrogens (tertiary/aromatic N) is 5. The van der Waals surface area contributed by atoms with Crippen LogP contribution < -0.4 is 26.8 Å². The van der Waals surface area contributed by atoms with E-state index in [1.807, 2.05) is 22.8 Å². The molecule has 1 saturated carbocycles. The predicted molar refractivity (Wildman–Crippen MR) is 124 cm³/mol. The quantitative estimate of drug-likeness (QED) is 0.514. The minimum Gasteiger partial charge on any atom is -0.497 e. The minimum absolute atomic E-state index is 0.210. The number of imidazole rings is 1. The number of nitrogen functional groups attached to an aromatic ring is 2. The van der Waals surface area contributed by atoms with Gasteiger partial charge in [0, 0.05) is 30.4 Å². The summed E-state index contributed by atoms with van der Waals surface area (Å²) in [4.78, 5) is 16.2. The summed E-state index contributed by atoms with van der Waals surface area (Å²) in [7, 11) is 1.65. The fraction of sp³-hybridized carbons (Fsp3) is 0.500. The Labute approximate surface area is 182 Å². The van der Waals surface area contributed by atoms with Crippen molar-refractivity contribution < 1.29 is 4.74 Å². The maximum atomic E-state index is 6.31. The normalized spacial score (nSPS) is 19.1. The molecule has 1 aliphatic carbocycles. The second kappa shape index (κ2) is 8.58. The molecule has 0 unspecified atom stereocenters. The summed E-state index contributed by atoms with van der Waals surface area (Å²) in [5, 5.41) is 0. The first-order chi connectivity index (χ1) is 14.9. The molecule has 1 aliphatic rings. The Morgan fingerprint density at radius 1 is 1.16 bits per heavy atom. The van der Waals surface area contributed by atoms with Crippen molar-refractivity contribution in [2.24, 2.45) is 5.73 Å². The fourth-order valence-electron chi connectivity index (χ4n) is 4.24. The molecule has 6 N–H and O–H groups in total. The van der Waals surface area contributed by atoms with Gasteiger partial charge in [0.25, 0.3) is 0 Å². The monoisotopic (exact) mass is 424 g/mol.